The molecule has 0 spiro atoms. The summed E-state index contributed by atoms with van der Waals surface area (Å²) in [6.45, 7) is 29.9. The lowest BCUT2D eigenvalue weighted by Gasteiger charge is -2.49. The minimum atomic E-state index is 0.199. The number of anilines is 1. The molecule has 3 aliphatic rings. The summed E-state index contributed by atoms with van der Waals surface area (Å²) < 4.78 is 0. The highest BCUT2D eigenvalue weighted by molar-refractivity contribution is 8.14. The molecule has 0 bridgehead atoms. The average molecular weight is 493 g/mol. The molecule has 1 aromatic rings. The third kappa shape index (κ3) is 6.05. The smallest absolute Gasteiger partial charge is 0.0979 e. The molecule has 0 saturated carbocycles. The Hall–Kier alpha value is -2.00. The minimum Gasteiger partial charge on any atom is -0.371 e. The van der Waals surface area contributed by atoms with Crippen LogP contribution in [0.25, 0.3) is 6.08 Å². The van der Waals surface area contributed by atoms with Gasteiger partial charge in [-0.1, -0.05) is 67.2 Å². The van der Waals surface area contributed by atoms with Crippen molar-refractivity contribution >= 4 is 28.6 Å². The van der Waals surface area contributed by atoms with E-state index in [1.165, 1.54) is 59.5 Å². The van der Waals surface area contributed by atoms with Crippen LogP contribution in [0.3, 0.4) is 0 Å². The van der Waals surface area contributed by atoms with Crippen LogP contribution in [-0.2, 0) is 17.3 Å². The normalized spacial score (nSPS) is 19.1. The molecular formula is C32H48N2S. The summed E-state index contributed by atoms with van der Waals surface area (Å²) in [4.78, 5) is 7.23. The maximum Gasteiger partial charge on any atom is 0.0979 e. The van der Waals surface area contributed by atoms with Crippen LogP contribution in [0.15, 0.2) is 54.1 Å². The number of benzene rings is 1. The van der Waals surface area contributed by atoms with Gasteiger partial charge in [0.15, 0.2) is 0 Å². The predicted octanol–water partition coefficient (Wildman–Crippen LogP) is 8.91. The Morgan fingerprint density at radius 2 is 1.69 bits per heavy atom. The molecule has 0 fully saturated rings. The first-order chi connectivity index (χ1) is 16.6. The Balaban J connectivity index is 0.000000655. The number of thioether (sulfide) groups is 1. The first-order valence-corrected chi connectivity index (χ1v) is 14.3. The summed E-state index contributed by atoms with van der Waals surface area (Å²) in [6, 6.07) is 2.49. The third-order valence-corrected chi connectivity index (χ3v) is 8.39. The van der Waals surface area contributed by atoms with Crippen molar-refractivity contribution in [3.63, 3.8) is 0 Å². The zero-order chi connectivity index (χ0) is 26.4. The molecule has 0 aromatic heterocycles. The third-order valence-electron chi connectivity index (χ3n) is 7.31. The molecule has 0 unspecified atom stereocenters. The van der Waals surface area contributed by atoms with Gasteiger partial charge in [0, 0.05) is 37.2 Å². The van der Waals surface area contributed by atoms with Crippen molar-refractivity contribution in [3.8, 4) is 0 Å². The first kappa shape index (κ1) is 29.2. The standard InChI is InChI=1S/C26H34N2S.C4H8.C2H6/c1-8-13-29-24(27-7)19-15-18-16-21-23-22(20(18)14-17(19)2)26(5,6)10-12-28(23)11-9-25(21,3)4;1-3-4-2;1-2/h8,15-16H,1-2,9-14H2,3-7H3;3H,1,4H2,2H3;1-2H3. The first-order valence-electron chi connectivity index (χ1n) is 13.3. The van der Waals surface area contributed by atoms with Crippen LogP contribution >= 0.6 is 11.8 Å². The molecule has 192 valence electrons. The van der Waals surface area contributed by atoms with Gasteiger partial charge in [-0.25, -0.2) is 0 Å². The van der Waals surface area contributed by atoms with Crippen molar-refractivity contribution in [2.75, 3.05) is 30.8 Å². The zero-order valence-electron chi connectivity index (χ0n) is 23.7. The van der Waals surface area contributed by atoms with E-state index in [-0.39, 0.29) is 10.8 Å². The van der Waals surface area contributed by atoms with Gasteiger partial charge in [-0.2, -0.15) is 0 Å². The van der Waals surface area contributed by atoms with E-state index in [0.717, 1.165) is 23.6 Å². The Kier molecular flexibility index (Phi) is 10.3. The molecule has 0 saturated heterocycles. The van der Waals surface area contributed by atoms with E-state index in [0.29, 0.717) is 0 Å². The summed E-state index contributed by atoms with van der Waals surface area (Å²) >= 11 is 1.75. The molecule has 0 atom stereocenters. The molecular weight excluding hydrogens is 444 g/mol. The number of aliphatic imine (C=N–C) groups is 1. The molecule has 0 radical (unpaired) electrons. The largest absolute Gasteiger partial charge is 0.371 e. The molecule has 0 N–H and O–H groups in total. The van der Waals surface area contributed by atoms with Crippen molar-refractivity contribution in [3.05, 3.63) is 71.4 Å². The average Bonchev–Trinajstić information content (AvgIpc) is 2.84. The molecule has 2 heterocycles. The van der Waals surface area contributed by atoms with Gasteiger partial charge in [0.2, 0.25) is 0 Å². The molecule has 3 heteroatoms. The van der Waals surface area contributed by atoms with Gasteiger partial charge in [-0.3, -0.25) is 4.99 Å². The van der Waals surface area contributed by atoms with Crippen LogP contribution in [-0.4, -0.2) is 30.9 Å². The Bertz CT molecular complexity index is 1000. The van der Waals surface area contributed by atoms with E-state index in [9.17, 15) is 0 Å². The van der Waals surface area contributed by atoms with Crippen LogP contribution < -0.4 is 4.90 Å². The molecule has 1 aromatic carbocycles. The van der Waals surface area contributed by atoms with E-state index < -0.39 is 0 Å². The van der Waals surface area contributed by atoms with Gasteiger partial charge in [0.05, 0.1) is 5.04 Å². The highest BCUT2D eigenvalue weighted by atomic mass is 32.2. The molecule has 4 rings (SSSR count). The van der Waals surface area contributed by atoms with Crippen LogP contribution in [0, 0.1) is 0 Å². The topological polar surface area (TPSA) is 15.6 Å². The van der Waals surface area contributed by atoms with Crippen molar-refractivity contribution in [2.45, 2.75) is 85.0 Å². The lowest BCUT2D eigenvalue weighted by Crippen LogP contribution is -2.45. The van der Waals surface area contributed by atoms with Crippen molar-refractivity contribution < 1.29 is 0 Å². The van der Waals surface area contributed by atoms with Gasteiger partial charge in [0.25, 0.3) is 0 Å². The Morgan fingerprint density at radius 3 is 2.23 bits per heavy atom. The maximum atomic E-state index is 4.58. The quantitative estimate of drug-likeness (QED) is 0.237. The summed E-state index contributed by atoms with van der Waals surface area (Å²) in [5.74, 6) is 0.870. The number of allylic oxidation sites excluding steroid dienone is 2. The molecule has 0 amide bonds. The van der Waals surface area contributed by atoms with Gasteiger partial charge in [-0.15, -0.1) is 24.9 Å². The Labute approximate surface area is 220 Å². The molecule has 1 aliphatic carbocycles. The van der Waals surface area contributed by atoms with Gasteiger partial charge < -0.3 is 4.90 Å². The SMILES string of the molecule is C=CCC.C=CCSC(=NC)C1=Cc2cc3c4c(c2CC1=C)C(C)(C)CCN4CCC3(C)C.CC. The second-order valence-electron chi connectivity index (χ2n) is 10.6. The van der Waals surface area contributed by atoms with E-state index in [4.69, 9.17) is 0 Å². The van der Waals surface area contributed by atoms with Crippen LogP contribution in [0.4, 0.5) is 5.69 Å². The summed E-state index contributed by atoms with van der Waals surface area (Å²) in [5, 5.41) is 1.08. The fourth-order valence-electron chi connectivity index (χ4n) is 5.23. The van der Waals surface area contributed by atoms with Gasteiger partial charge >= 0.3 is 0 Å². The van der Waals surface area contributed by atoms with E-state index in [1.807, 2.05) is 33.0 Å². The number of fused-ring (bicyclic) bond motifs is 2. The summed E-state index contributed by atoms with van der Waals surface area (Å²) in [5.41, 5.74) is 10.3. The fourth-order valence-corrected chi connectivity index (χ4v) is 5.99. The highest BCUT2D eigenvalue weighted by Crippen LogP contribution is 2.52. The van der Waals surface area contributed by atoms with Crippen LogP contribution in [0.1, 0.15) is 90.0 Å². The van der Waals surface area contributed by atoms with Crippen molar-refractivity contribution in [1.29, 1.82) is 0 Å². The number of rotatable bonds is 4. The highest BCUT2D eigenvalue weighted by Gasteiger charge is 2.42. The second kappa shape index (κ2) is 12.3. The molecule has 2 nitrogen and oxygen atoms in total. The van der Waals surface area contributed by atoms with Crippen LogP contribution in [0.5, 0.6) is 0 Å². The number of hydrogen-bond acceptors (Lipinski definition) is 3. The lowest BCUT2D eigenvalue weighted by molar-refractivity contribution is 0.399. The Morgan fingerprint density at radius 1 is 1.09 bits per heavy atom. The monoisotopic (exact) mass is 492 g/mol. The predicted molar refractivity (Wildman–Crippen MR) is 163 cm³/mol. The summed E-state index contributed by atoms with van der Waals surface area (Å²) in [7, 11) is 1.88. The van der Waals surface area contributed by atoms with E-state index in [1.54, 1.807) is 17.3 Å². The van der Waals surface area contributed by atoms with E-state index >= 15 is 0 Å². The molecule has 35 heavy (non-hydrogen) atoms. The molecule has 2 aliphatic heterocycles. The van der Waals surface area contributed by atoms with Gasteiger partial charge in [-0.05, 0) is 76.5 Å². The number of nitrogens with zero attached hydrogens (tertiary/aromatic N) is 2. The maximum absolute atomic E-state index is 4.58. The zero-order valence-corrected chi connectivity index (χ0v) is 24.5. The van der Waals surface area contributed by atoms with Crippen molar-refractivity contribution in [2.24, 2.45) is 4.99 Å². The minimum absolute atomic E-state index is 0.199. The summed E-state index contributed by atoms with van der Waals surface area (Å²) in [6.07, 6.45) is 10.6. The van der Waals surface area contributed by atoms with Crippen LogP contribution in [0.2, 0.25) is 0 Å². The lowest BCUT2D eigenvalue weighted by atomic mass is 9.66. The van der Waals surface area contributed by atoms with Crippen molar-refractivity contribution in [1.82, 2.24) is 0 Å². The number of hydrogen-bond donors (Lipinski definition) is 0. The van der Waals surface area contributed by atoms with Gasteiger partial charge in [0.1, 0.15) is 0 Å². The second-order valence-corrected chi connectivity index (χ2v) is 11.6. The van der Waals surface area contributed by atoms with E-state index in [2.05, 4.69) is 76.4 Å². The fraction of sp³-hybridized carbons (Fsp3) is 0.531.